The molecule has 6 nitrogen and oxygen atoms in total. The number of hydrogen-bond acceptors (Lipinski definition) is 7. The largest absolute Gasteiger partial charge is 0.507 e. The number of unbranched alkanes of at least 4 members (excludes halogenated alkanes) is 2. The second kappa shape index (κ2) is 16.2. The molecule has 0 heterocycles. The van der Waals surface area contributed by atoms with Crippen LogP contribution in [0.25, 0.3) is 0 Å². The number of carbonyl (C=O) groups excluding carboxylic acids is 2. The van der Waals surface area contributed by atoms with Gasteiger partial charge in [-0.1, -0.05) is 78.0 Å². The molecule has 0 aromatic heterocycles. The van der Waals surface area contributed by atoms with Gasteiger partial charge in [-0.2, -0.15) is 0 Å². The molecule has 0 aliphatic carbocycles. The molecule has 7 heteroatoms. The lowest BCUT2D eigenvalue weighted by Crippen LogP contribution is -2.14. The summed E-state index contributed by atoms with van der Waals surface area (Å²) in [7, 11) is 0. The molecular weight excluding hydrogens is 488 g/mol. The smallest absolute Gasteiger partial charge is 0.338 e. The first kappa shape index (κ1) is 30.6. The number of aromatic hydroxyl groups is 2. The molecule has 2 aromatic rings. The zero-order valence-corrected chi connectivity index (χ0v) is 23.4. The number of rotatable bonds is 16. The van der Waals surface area contributed by atoms with E-state index in [1.54, 1.807) is 12.1 Å². The Morgan fingerprint density at radius 3 is 1.49 bits per heavy atom. The first-order valence-electron chi connectivity index (χ1n) is 13.5. The van der Waals surface area contributed by atoms with E-state index in [2.05, 4.69) is 27.7 Å². The van der Waals surface area contributed by atoms with Gasteiger partial charge in [-0.3, -0.25) is 0 Å². The van der Waals surface area contributed by atoms with Gasteiger partial charge in [0.05, 0.1) is 34.1 Å². The third-order valence-corrected chi connectivity index (χ3v) is 7.69. The Morgan fingerprint density at radius 1 is 0.730 bits per heavy atom. The van der Waals surface area contributed by atoms with Crippen LogP contribution in [0.3, 0.4) is 0 Å². The van der Waals surface area contributed by atoms with Crippen molar-refractivity contribution in [1.29, 1.82) is 0 Å². The van der Waals surface area contributed by atoms with Crippen LogP contribution >= 0.6 is 11.8 Å². The quantitative estimate of drug-likeness (QED) is 0.212. The lowest BCUT2D eigenvalue weighted by atomic mass is 10.0. The minimum absolute atomic E-state index is 0.0370. The predicted molar refractivity (Wildman–Crippen MR) is 148 cm³/mol. The van der Waals surface area contributed by atoms with Crippen molar-refractivity contribution in [3.05, 3.63) is 47.5 Å². The van der Waals surface area contributed by atoms with Gasteiger partial charge < -0.3 is 19.7 Å². The van der Waals surface area contributed by atoms with Crippen molar-refractivity contribution in [3.8, 4) is 11.5 Å². The first-order chi connectivity index (χ1) is 17.8. The molecule has 2 unspecified atom stereocenters. The molecule has 0 bridgehead atoms. The molecule has 204 valence electrons. The summed E-state index contributed by atoms with van der Waals surface area (Å²) in [6.45, 7) is 9.19. The highest BCUT2D eigenvalue weighted by molar-refractivity contribution is 7.99. The first-order valence-corrected chi connectivity index (χ1v) is 14.3. The second-order valence-corrected chi connectivity index (χ2v) is 10.6. The molecule has 0 fully saturated rings. The third kappa shape index (κ3) is 9.95. The number of phenols is 2. The van der Waals surface area contributed by atoms with Gasteiger partial charge in [0.1, 0.15) is 11.5 Å². The zero-order valence-electron chi connectivity index (χ0n) is 22.6. The Kier molecular flexibility index (Phi) is 13.4. The summed E-state index contributed by atoms with van der Waals surface area (Å²) in [5.74, 6) is -0.323. The molecule has 2 atom stereocenters. The van der Waals surface area contributed by atoms with Crippen molar-refractivity contribution < 1.29 is 29.3 Å². The van der Waals surface area contributed by atoms with Gasteiger partial charge in [-0.15, -0.1) is 0 Å². The molecule has 0 amide bonds. The Labute approximate surface area is 225 Å². The van der Waals surface area contributed by atoms with Crippen molar-refractivity contribution >= 4 is 23.7 Å². The topological polar surface area (TPSA) is 93.1 Å². The standard InChI is InChI=1S/C30H42O6S/c1-5-9-11-21(7-3)19-35-29(33)23-13-15-25(31)27(17-23)37-28-18-24(14-16-26(28)32)30(34)36-20-22(8-4)12-10-6-2/h13-18,21-22,31-32H,5-12,19-20H2,1-4H3. The van der Waals surface area contributed by atoms with E-state index in [-0.39, 0.29) is 11.5 Å². The average Bonchev–Trinajstić information content (AvgIpc) is 2.91. The lowest BCUT2D eigenvalue weighted by molar-refractivity contribution is 0.0419. The van der Waals surface area contributed by atoms with Crippen LogP contribution in [-0.4, -0.2) is 35.4 Å². The van der Waals surface area contributed by atoms with Gasteiger partial charge in [0.15, 0.2) is 0 Å². The molecular formula is C30H42O6S. The van der Waals surface area contributed by atoms with Gasteiger partial charge in [0.25, 0.3) is 0 Å². The molecule has 0 saturated carbocycles. The van der Waals surface area contributed by atoms with Crippen molar-refractivity contribution in [3.63, 3.8) is 0 Å². The normalized spacial score (nSPS) is 12.6. The van der Waals surface area contributed by atoms with E-state index in [1.165, 1.54) is 24.3 Å². The van der Waals surface area contributed by atoms with Crippen LogP contribution in [-0.2, 0) is 9.47 Å². The van der Waals surface area contributed by atoms with E-state index in [1.807, 2.05) is 0 Å². The van der Waals surface area contributed by atoms with E-state index >= 15 is 0 Å². The molecule has 0 aliphatic rings. The minimum atomic E-state index is -0.452. The molecule has 2 aromatic carbocycles. The fourth-order valence-corrected chi connectivity index (χ4v) is 4.87. The molecule has 2 N–H and O–H groups in total. The number of hydrogen-bond donors (Lipinski definition) is 2. The van der Waals surface area contributed by atoms with Crippen molar-refractivity contribution in [2.75, 3.05) is 13.2 Å². The summed E-state index contributed by atoms with van der Waals surface area (Å²) in [5.41, 5.74) is 0.636. The van der Waals surface area contributed by atoms with E-state index in [9.17, 15) is 19.8 Å². The lowest BCUT2D eigenvalue weighted by Gasteiger charge is -2.15. The van der Waals surface area contributed by atoms with Gasteiger partial charge in [-0.05, 0) is 61.1 Å². The number of benzene rings is 2. The third-order valence-electron chi connectivity index (χ3n) is 6.60. The van der Waals surface area contributed by atoms with Crippen molar-refractivity contribution in [2.45, 2.75) is 88.9 Å². The van der Waals surface area contributed by atoms with E-state index in [0.29, 0.717) is 46.0 Å². The van der Waals surface area contributed by atoms with E-state index in [0.717, 1.165) is 63.1 Å². The molecule has 0 saturated heterocycles. The molecule has 0 spiro atoms. The van der Waals surface area contributed by atoms with Gasteiger partial charge in [0.2, 0.25) is 0 Å². The fourth-order valence-electron chi connectivity index (χ4n) is 3.91. The fraction of sp³-hybridized carbons (Fsp3) is 0.533. The number of carbonyl (C=O) groups is 2. The SMILES string of the molecule is CCCCC(CC)COC(=O)c1ccc(O)c(Sc2cc(C(=O)OCC(CC)CCCC)ccc2O)c1. The summed E-state index contributed by atoms with van der Waals surface area (Å²) in [6, 6.07) is 8.99. The summed E-state index contributed by atoms with van der Waals surface area (Å²) in [5, 5.41) is 20.8. The van der Waals surface area contributed by atoms with Crippen LogP contribution in [0.2, 0.25) is 0 Å². The molecule has 0 aliphatic heterocycles. The molecule has 2 rings (SSSR count). The number of phenolic OH excluding ortho intramolecular Hbond substituents is 2. The number of esters is 2. The minimum Gasteiger partial charge on any atom is -0.507 e. The second-order valence-electron chi connectivity index (χ2n) is 9.50. The average molecular weight is 531 g/mol. The summed E-state index contributed by atoms with van der Waals surface area (Å²) in [4.78, 5) is 26.1. The Balaban J connectivity index is 2.09. The molecule has 37 heavy (non-hydrogen) atoms. The van der Waals surface area contributed by atoms with E-state index in [4.69, 9.17) is 9.47 Å². The summed E-state index contributed by atoms with van der Waals surface area (Å²) < 4.78 is 11.1. The Bertz CT molecular complexity index is 926. The summed E-state index contributed by atoms with van der Waals surface area (Å²) in [6.07, 6.45) is 8.34. The van der Waals surface area contributed by atoms with Crippen LogP contribution < -0.4 is 0 Å². The maximum absolute atomic E-state index is 12.7. The Morgan fingerprint density at radius 2 is 1.14 bits per heavy atom. The van der Waals surface area contributed by atoms with Crippen LogP contribution in [0.15, 0.2) is 46.2 Å². The highest BCUT2D eigenvalue weighted by Crippen LogP contribution is 2.40. The van der Waals surface area contributed by atoms with Crippen molar-refractivity contribution in [1.82, 2.24) is 0 Å². The number of ether oxygens (including phenoxy) is 2. The summed E-state index contributed by atoms with van der Waals surface area (Å²) >= 11 is 1.07. The Hall–Kier alpha value is -2.67. The zero-order chi connectivity index (χ0) is 27.2. The predicted octanol–water partition coefficient (Wildman–Crippen LogP) is 8.00. The maximum atomic E-state index is 12.7. The highest BCUT2D eigenvalue weighted by atomic mass is 32.2. The van der Waals surface area contributed by atoms with Crippen LogP contribution in [0.4, 0.5) is 0 Å². The van der Waals surface area contributed by atoms with Crippen LogP contribution in [0.5, 0.6) is 11.5 Å². The van der Waals surface area contributed by atoms with Crippen LogP contribution in [0.1, 0.15) is 99.8 Å². The molecule has 0 radical (unpaired) electrons. The van der Waals surface area contributed by atoms with E-state index < -0.39 is 11.9 Å². The maximum Gasteiger partial charge on any atom is 0.338 e. The van der Waals surface area contributed by atoms with Gasteiger partial charge in [0, 0.05) is 0 Å². The highest BCUT2D eigenvalue weighted by Gasteiger charge is 2.18. The van der Waals surface area contributed by atoms with Crippen molar-refractivity contribution in [2.24, 2.45) is 11.8 Å². The monoisotopic (exact) mass is 530 g/mol. The van der Waals surface area contributed by atoms with Crippen LogP contribution in [0, 0.1) is 11.8 Å². The van der Waals surface area contributed by atoms with Gasteiger partial charge >= 0.3 is 11.9 Å². The van der Waals surface area contributed by atoms with Gasteiger partial charge in [-0.25, -0.2) is 9.59 Å².